The molecular weight excluding hydrogens is 406 g/mol. The molecule has 0 spiro atoms. The lowest BCUT2D eigenvalue weighted by Crippen LogP contribution is -2.58. The first-order valence-corrected chi connectivity index (χ1v) is 10.8. The summed E-state index contributed by atoms with van der Waals surface area (Å²) in [5.41, 5.74) is 10.7. The first kappa shape index (κ1) is 23.6. The highest BCUT2D eigenvalue weighted by Crippen LogP contribution is 2.27. The zero-order valence-corrected chi connectivity index (χ0v) is 19.6. The van der Waals surface area contributed by atoms with Crippen LogP contribution in [-0.2, 0) is 20.8 Å². The summed E-state index contributed by atoms with van der Waals surface area (Å²) >= 11 is 0. The molecule has 2 aromatic rings. The molecule has 0 bridgehead atoms. The molecule has 1 fully saturated rings. The van der Waals surface area contributed by atoms with Crippen molar-refractivity contribution < 1.29 is 19.1 Å². The van der Waals surface area contributed by atoms with Crippen LogP contribution in [0.2, 0.25) is 0 Å². The molecule has 0 aliphatic carbocycles. The average molecular weight is 440 g/mol. The number of piperazine rings is 1. The van der Waals surface area contributed by atoms with Crippen LogP contribution in [0.5, 0.6) is 0 Å². The number of esters is 1. The fourth-order valence-electron chi connectivity index (χ4n) is 3.75. The van der Waals surface area contributed by atoms with Crippen LogP contribution in [0, 0.1) is 6.92 Å². The number of rotatable bonds is 4. The zero-order valence-electron chi connectivity index (χ0n) is 19.6. The third-order valence-electron chi connectivity index (χ3n) is 5.52. The van der Waals surface area contributed by atoms with E-state index in [0.29, 0.717) is 25.3 Å². The minimum Gasteiger partial charge on any atom is -0.468 e. The minimum atomic E-state index is -0.597. The molecule has 1 aliphatic heterocycles. The molecule has 1 amide bonds. The van der Waals surface area contributed by atoms with Gasteiger partial charge in [0.1, 0.15) is 11.6 Å². The van der Waals surface area contributed by atoms with Crippen molar-refractivity contribution in [2.45, 2.75) is 45.9 Å². The van der Waals surface area contributed by atoms with Crippen molar-refractivity contribution in [3.8, 4) is 11.1 Å². The molecule has 1 aliphatic rings. The highest BCUT2D eigenvalue weighted by Gasteiger charge is 2.36. The van der Waals surface area contributed by atoms with Gasteiger partial charge in [-0.25, -0.2) is 4.79 Å². The van der Waals surface area contributed by atoms with E-state index in [-0.39, 0.29) is 12.5 Å². The molecule has 7 heteroatoms. The molecule has 0 saturated carbocycles. The fraction of sp³-hybridized carbons (Fsp3) is 0.440. The molecule has 7 nitrogen and oxygen atoms in total. The van der Waals surface area contributed by atoms with Crippen LogP contribution in [-0.4, -0.2) is 60.2 Å². The van der Waals surface area contributed by atoms with Gasteiger partial charge < -0.3 is 20.1 Å². The summed E-state index contributed by atoms with van der Waals surface area (Å²) in [6, 6.07) is 13.7. The molecule has 172 valence electrons. The Kier molecular flexibility index (Phi) is 7.09. The summed E-state index contributed by atoms with van der Waals surface area (Å²) in [5, 5.41) is 0. The van der Waals surface area contributed by atoms with Crippen LogP contribution in [0.1, 0.15) is 31.9 Å². The normalized spacial score (nSPS) is 17.2. The second-order valence-electron chi connectivity index (χ2n) is 9.22. The first-order chi connectivity index (χ1) is 15.1. The van der Waals surface area contributed by atoms with E-state index in [1.165, 1.54) is 12.7 Å². The van der Waals surface area contributed by atoms with Crippen molar-refractivity contribution in [1.29, 1.82) is 0 Å². The minimum absolute atomic E-state index is 0.207. The van der Waals surface area contributed by atoms with Gasteiger partial charge in [-0.1, -0.05) is 35.9 Å². The highest BCUT2D eigenvalue weighted by molar-refractivity contribution is 5.78. The second-order valence-corrected chi connectivity index (χ2v) is 9.22. The predicted octanol–water partition coefficient (Wildman–Crippen LogP) is 3.84. The standard InChI is InChI=1S/C25H33N3O4/c1-17-6-8-18(9-7-17)19-10-11-21(26)20(14-19)15-27-12-13-28(16-22(27)23(29)31-5)24(30)32-25(2,3)4/h6-11,14,22H,12-13,15-16,26H2,1-5H3. The number of hydrogen-bond acceptors (Lipinski definition) is 6. The molecule has 1 atom stereocenters. The molecule has 1 heterocycles. The molecular formula is C25H33N3O4. The van der Waals surface area contributed by atoms with Crippen LogP contribution in [0.4, 0.5) is 10.5 Å². The molecule has 0 radical (unpaired) electrons. The van der Waals surface area contributed by atoms with Crippen molar-refractivity contribution >= 4 is 17.7 Å². The zero-order chi connectivity index (χ0) is 23.5. The number of nitrogen functional groups attached to an aromatic ring is 1. The highest BCUT2D eigenvalue weighted by atomic mass is 16.6. The number of aryl methyl sites for hydroxylation is 1. The number of hydrogen-bond donors (Lipinski definition) is 1. The lowest BCUT2D eigenvalue weighted by atomic mass is 10.00. The lowest BCUT2D eigenvalue weighted by Gasteiger charge is -2.40. The van der Waals surface area contributed by atoms with Crippen LogP contribution >= 0.6 is 0 Å². The van der Waals surface area contributed by atoms with Gasteiger partial charge in [0.25, 0.3) is 0 Å². The van der Waals surface area contributed by atoms with Crippen molar-refractivity contribution in [1.82, 2.24) is 9.80 Å². The van der Waals surface area contributed by atoms with E-state index in [9.17, 15) is 9.59 Å². The maximum absolute atomic E-state index is 12.6. The van der Waals surface area contributed by atoms with Gasteiger partial charge in [-0.05, 0) is 56.5 Å². The van der Waals surface area contributed by atoms with Gasteiger partial charge in [0.2, 0.25) is 0 Å². The molecule has 2 aromatic carbocycles. The Hall–Kier alpha value is -3.06. The fourth-order valence-corrected chi connectivity index (χ4v) is 3.75. The summed E-state index contributed by atoms with van der Waals surface area (Å²) in [6.45, 7) is 9.18. The molecule has 32 heavy (non-hydrogen) atoms. The van der Waals surface area contributed by atoms with Crippen molar-refractivity contribution in [2.24, 2.45) is 0 Å². The van der Waals surface area contributed by atoms with E-state index in [4.69, 9.17) is 15.2 Å². The maximum atomic E-state index is 12.6. The summed E-state index contributed by atoms with van der Waals surface area (Å²) < 4.78 is 10.5. The molecule has 2 N–H and O–H groups in total. The summed E-state index contributed by atoms with van der Waals surface area (Å²) in [6.07, 6.45) is -0.424. The van der Waals surface area contributed by atoms with Gasteiger partial charge in [-0.2, -0.15) is 0 Å². The number of benzene rings is 2. The van der Waals surface area contributed by atoms with Crippen LogP contribution < -0.4 is 5.73 Å². The number of nitrogens with zero attached hydrogens (tertiary/aromatic N) is 2. The average Bonchev–Trinajstić information content (AvgIpc) is 2.74. The van der Waals surface area contributed by atoms with E-state index < -0.39 is 17.7 Å². The maximum Gasteiger partial charge on any atom is 0.410 e. The molecule has 0 aromatic heterocycles. The predicted molar refractivity (Wildman–Crippen MR) is 125 cm³/mol. The molecule has 3 rings (SSSR count). The Balaban J connectivity index is 1.80. The number of carbonyl (C=O) groups excluding carboxylic acids is 2. The van der Waals surface area contributed by atoms with Crippen LogP contribution in [0.3, 0.4) is 0 Å². The summed E-state index contributed by atoms with van der Waals surface area (Å²) in [4.78, 5) is 28.7. The van der Waals surface area contributed by atoms with E-state index in [0.717, 1.165) is 16.7 Å². The van der Waals surface area contributed by atoms with Crippen LogP contribution in [0.15, 0.2) is 42.5 Å². The Morgan fingerprint density at radius 1 is 1.06 bits per heavy atom. The van der Waals surface area contributed by atoms with Gasteiger partial charge in [-0.3, -0.25) is 9.69 Å². The van der Waals surface area contributed by atoms with Gasteiger partial charge in [0.05, 0.1) is 13.7 Å². The Morgan fingerprint density at radius 2 is 1.72 bits per heavy atom. The van der Waals surface area contributed by atoms with Gasteiger partial charge >= 0.3 is 12.1 Å². The van der Waals surface area contributed by atoms with E-state index >= 15 is 0 Å². The lowest BCUT2D eigenvalue weighted by molar-refractivity contribution is -0.149. The number of methoxy groups -OCH3 is 1. The summed E-state index contributed by atoms with van der Waals surface area (Å²) in [7, 11) is 1.36. The van der Waals surface area contributed by atoms with E-state index in [2.05, 4.69) is 37.3 Å². The monoisotopic (exact) mass is 439 g/mol. The summed E-state index contributed by atoms with van der Waals surface area (Å²) in [5.74, 6) is -0.383. The smallest absolute Gasteiger partial charge is 0.410 e. The number of anilines is 1. The van der Waals surface area contributed by atoms with Crippen molar-refractivity contribution in [2.75, 3.05) is 32.5 Å². The van der Waals surface area contributed by atoms with Gasteiger partial charge in [0, 0.05) is 25.3 Å². The Labute approximate surface area is 190 Å². The molecule has 1 saturated heterocycles. The number of nitrogens with two attached hydrogens (primary N) is 1. The largest absolute Gasteiger partial charge is 0.468 e. The topological polar surface area (TPSA) is 85.1 Å². The van der Waals surface area contributed by atoms with Crippen LogP contribution in [0.25, 0.3) is 11.1 Å². The Morgan fingerprint density at radius 3 is 2.34 bits per heavy atom. The van der Waals surface area contributed by atoms with Gasteiger partial charge in [-0.15, -0.1) is 0 Å². The van der Waals surface area contributed by atoms with Crippen molar-refractivity contribution in [3.63, 3.8) is 0 Å². The third-order valence-corrected chi connectivity index (χ3v) is 5.52. The second kappa shape index (κ2) is 9.61. The quantitative estimate of drug-likeness (QED) is 0.576. The first-order valence-electron chi connectivity index (χ1n) is 10.8. The number of ether oxygens (including phenoxy) is 2. The Bertz CT molecular complexity index is 966. The van der Waals surface area contributed by atoms with Gasteiger partial charge in [0.15, 0.2) is 0 Å². The van der Waals surface area contributed by atoms with Crippen molar-refractivity contribution in [3.05, 3.63) is 53.6 Å². The number of carbonyl (C=O) groups is 2. The third kappa shape index (κ3) is 5.79. The molecule has 1 unspecified atom stereocenters. The van der Waals surface area contributed by atoms with E-state index in [1.54, 1.807) is 4.90 Å². The van der Waals surface area contributed by atoms with E-state index in [1.807, 2.05) is 37.8 Å². The number of amides is 1. The SMILES string of the molecule is COC(=O)C1CN(C(=O)OC(C)(C)C)CCN1Cc1cc(-c2ccc(C)cc2)ccc1N.